The molecule has 1 amide bonds. The van der Waals surface area contributed by atoms with E-state index < -0.39 is 6.10 Å². The first-order valence-electron chi connectivity index (χ1n) is 8.28. The lowest BCUT2D eigenvalue weighted by molar-refractivity contribution is -0.120. The molecule has 130 valence electrons. The Kier molecular flexibility index (Phi) is 5.36. The number of carbonyl (C=O) groups is 1. The summed E-state index contributed by atoms with van der Waals surface area (Å²) < 4.78 is 5.24. The first kappa shape index (κ1) is 17.0. The molecule has 0 aliphatic carbocycles. The third kappa shape index (κ3) is 4.39. The first-order valence-corrected chi connectivity index (χ1v) is 8.28. The van der Waals surface area contributed by atoms with Gasteiger partial charge in [-0.15, -0.1) is 0 Å². The van der Waals surface area contributed by atoms with E-state index in [-0.39, 0.29) is 18.9 Å². The summed E-state index contributed by atoms with van der Waals surface area (Å²) in [6.45, 7) is 0.236. The molecule has 0 fully saturated rings. The second-order valence-corrected chi connectivity index (χ2v) is 6.05. The van der Waals surface area contributed by atoms with Gasteiger partial charge in [0.2, 0.25) is 5.91 Å². The normalized spacial score (nSPS) is 12.1. The van der Waals surface area contributed by atoms with E-state index in [4.69, 9.17) is 4.74 Å². The summed E-state index contributed by atoms with van der Waals surface area (Å²) in [4.78, 5) is 15.4. The van der Waals surface area contributed by atoms with Gasteiger partial charge < -0.3 is 20.1 Å². The zero-order valence-electron chi connectivity index (χ0n) is 14.2. The van der Waals surface area contributed by atoms with Crippen molar-refractivity contribution in [1.82, 2.24) is 10.3 Å². The summed E-state index contributed by atoms with van der Waals surface area (Å²) >= 11 is 0. The lowest BCUT2D eigenvalue weighted by Crippen LogP contribution is -2.34. The summed E-state index contributed by atoms with van der Waals surface area (Å²) in [5, 5.41) is 13.9. The van der Waals surface area contributed by atoms with E-state index in [9.17, 15) is 9.90 Å². The average molecular weight is 338 g/mol. The number of H-pyrrole nitrogens is 1. The predicted molar refractivity (Wildman–Crippen MR) is 97.7 cm³/mol. The molecule has 2 aromatic carbocycles. The standard InChI is InChI=1S/C20H22N2O3/c1-25-17-7-8-19-18(11-17)15(12-21-19)10-20(24)22-13-16(23)9-14-5-3-2-4-6-14/h2-8,11-12,16,21,23H,9-10,13H2,1H3,(H,22,24)/t16-/m0/s1. The summed E-state index contributed by atoms with van der Waals surface area (Å²) in [7, 11) is 1.62. The Morgan fingerprint density at radius 3 is 2.80 bits per heavy atom. The van der Waals surface area contributed by atoms with Gasteiger partial charge in [-0.25, -0.2) is 0 Å². The van der Waals surface area contributed by atoms with Gasteiger partial charge in [-0.1, -0.05) is 30.3 Å². The SMILES string of the molecule is COc1ccc2[nH]cc(CC(=O)NC[C@@H](O)Cc3ccccc3)c2c1. The molecule has 25 heavy (non-hydrogen) atoms. The number of rotatable bonds is 7. The van der Waals surface area contributed by atoms with Crippen LogP contribution in [0, 0.1) is 0 Å². The van der Waals surface area contributed by atoms with E-state index >= 15 is 0 Å². The van der Waals surface area contributed by atoms with Gasteiger partial charge in [-0.2, -0.15) is 0 Å². The van der Waals surface area contributed by atoms with Crippen molar-refractivity contribution in [3.8, 4) is 5.75 Å². The molecule has 3 N–H and O–H groups in total. The van der Waals surface area contributed by atoms with Crippen LogP contribution in [0.2, 0.25) is 0 Å². The van der Waals surface area contributed by atoms with E-state index in [2.05, 4.69) is 10.3 Å². The van der Waals surface area contributed by atoms with E-state index in [0.29, 0.717) is 6.42 Å². The second kappa shape index (κ2) is 7.85. The lowest BCUT2D eigenvalue weighted by Gasteiger charge is -2.12. The van der Waals surface area contributed by atoms with Crippen LogP contribution in [0.15, 0.2) is 54.7 Å². The fourth-order valence-electron chi connectivity index (χ4n) is 2.86. The van der Waals surface area contributed by atoms with Crippen LogP contribution in [0.4, 0.5) is 0 Å². The third-order valence-corrected chi connectivity index (χ3v) is 4.17. The highest BCUT2D eigenvalue weighted by atomic mass is 16.5. The number of aromatic nitrogens is 1. The molecule has 0 unspecified atom stereocenters. The van der Waals surface area contributed by atoms with Crippen molar-refractivity contribution in [3.05, 3.63) is 65.9 Å². The highest BCUT2D eigenvalue weighted by molar-refractivity contribution is 5.89. The van der Waals surface area contributed by atoms with Gasteiger partial charge in [0.1, 0.15) is 5.75 Å². The molecule has 3 aromatic rings. The maximum absolute atomic E-state index is 12.2. The average Bonchev–Trinajstić information content (AvgIpc) is 3.03. The van der Waals surface area contributed by atoms with Crippen molar-refractivity contribution in [3.63, 3.8) is 0 Å². The van der Waals surface area contributed by atoms with Crippen LogP contribution >= 0.6 is 0 Å². The Labute approximate surface area is 146 Å². The Balaban J connectivity index is 1.56. The molecule has 1 aromatic heterocycles. The number of aromatic amines is 1. The zero-order chi connectivity index (χ0) is 17.6. The monoisotopic (exact) mass is 338 g/mol. The molecule has 0 radical (unpaired) electrons. The number of nitrogens with one attached hydrogen (secondary N) is 2. The van der Waals surface area contributed by atoms with Crippen molar-refractivity contribution < 1.29 is 14.6 Å². The second-order valence-electron chi connectivity index (χ2n) is 6.05. The van der Waals surface area contributed by atoms with Crippen LogP contribution < -0.4 is 10.1 Å². The third-order valence-electron chi connectivity index (χ3n) is 4.17. The van der Waals surface area contributed by atoms with Gasteiger partial charge in [0.15, 0.2) is 0 Å². The van der Waals surface area contributed by atoms with Gasteiger partial charge in [-0.05, 0) is 29.3 Å². The maximum atomic E-state index is 12.2. The summed E-state index contributed by atoms with van der Waals surface area (Å²) in [5.41, 5.74) is 2.92. The Bertz CT molecular complexity index is 843. The van der Waals surface area contributed by atoms with Crippen molar-refractivity contribution in [2.24, 2.45) is 0 Å². The highest BCUT2D eigenvalue weighted by Crippen LogP contribution is 2.23. The molecule has 0 bridgehead atoms. The van der Waals surface area contributed by atoms with Gasteiger partial charge >= 0.3 is 0 Å². The lowest BCUT2D eigenvalue weighted by atomic mass is 10.1. The predicted octanol–water partition coefficient (Wildman–Crippen LogP) is 2.44. The molecule has 5 nitrogen and oxygen atoms in total. The molecule has 1 heterocycles. The van der Waals surface area contributed by atoms with Crippen LogP contribution in [-0.4, -0.2) is 35.8 Å². The molecule has 0 aliphatic rings. The fourth-order valence-corrected chi connectivity index (χ4v) is 2.86. The van der Waals surface area contributed by atoms with Gasteiger partial charge in [-0.3, -0.25) is 4.79 Å². The van der Waals surface area contributed by atoms with Crippen LogP contribution in [0.5, 0.6) is 5.75 Å². The first-order chi connectivity index (χ1) is 12.2. The largest absolute Gasteiger partial charge is 0.497 e. The number of ether oxygens (including phenoxy) is 1. The quantitative estimate of drug-likeness (QED) is 0.619. The number of aliphatic hydroxyl groups is 1. The number of carbonyl (C=O) groups excluding carboxylic acids is 1. The topological polar surface area (TPSA) is 74.4 Å². The Morgan fingerprint density at radius 1 is 1.24 bits per heavy atom. The van der Waals surface area contributed by atoms with E-state index in [0.717, 1.165) is 27.8 Å². The number of hydrogen-bond donors (Lipinski definition) is 3. The van der Waals surface area contributed by atoms with E-state index in [1.807, 2.05) is 54.7 Å². The number of amides is 1. The number of aliphatic hydroxyl groups excluding tert-OH is 1. The Hall–Kier alpha value is -2.79. The van der Waals surface area contributed by atoms with Gasteiger partial charge in [0, 0.05) is 30.1 Å². The van der Waals surface area contributed by atoms with Gasteiger partial charge in [0.05, 0.1) is 19.6 Å². The van der Waals surface area contributed by atoms with Crippen molar-refractivity contribution in [2.75, 3.05) is 13.7 Å². The molecular formula is C20H22N2O3. The van der Waals surface area contributed by atoms with Gasteiger partial charge in [0.25, 0.3) is 0 Å². The minimum atomic E-state index is -0.602. The summed E-state index contributed by atoms with van der Waals surface area (Å²) in [6, 6.07) is 15.5. The van der Waals surface area contributed by atoms with Crippen LogP contribution in [0.3, 0.4) is 0 Å². The molecule has 5 heteroatoms. The number of hydrogen-bond acceptors (Lipinski definition) is 3. The maximum Gasteiger partial charge on any atom is 0.224 e. The van der Waals surface area contributed by atoms with E-state index in [1.54, 1.807) is 7.11 Å². The minimum Gasteiger partial charge on any atom is -0.497 e. The van der Waals surface area contributed by atoms with Crippen molar-refractivity contribution in [2.45, 2.75) is 18.9 Å². The van der Waals surface area contributed by atoms with Crippen molar-refractivity contribution >= 4 is 16.8 Å². The number of benzene rings is 2. The number of fused-ring (bicyclic) bond motifs is 1. The minimum absolute atomic E-state index is 0.115. The molecule has 3 rings (SSSR count). The smallest absolute Gasteiger partial charge is 0.224 e. The summed E-state index contributed by atoms with van der Waals surface area (Å²) in [6.07, 6.45) is 2.01. The highest BCUT2D eigenvalue weighted by Gasteiger charge is 2.12. The molecular weight excluding hydrogens is 316 g/mol. The van der Waals surface area contributed by atoms with Crippen LogP contribution in [-0.2, 0) is 17.6 Å². The Morgan fingerprint density at radius 2 is 2.04 bits per heavy atom. The van der Waals surface area contributed by atoms with Crippen molar-refractivity contribution in [1.29, 1.82) is 0 Å². The van der Waals surface area contributed by atoms with Crippen LogP contribution in [0.25, 0.3) is 10.9 Å². The molecule has 0 aliphatic heterocycles. The van der Waals surface area contributed by atoms with Crippen LogP contribution in [0.1, 0.15) is 11.1 Å². The molecule has 0 saturated heterocycles. The molecule has 0 spiro atoms. The number of methoxy groups -OCH3 is 1. The molecule has 0 saturated carbocycles. The van der Waals surface area contributed by atoms with E-state index in [1.165, 1.54) is 0 Å². The zero-order valence-corrected chi connectivity index (χ0v) is 14.2. The fraction of sp³-hybridized carbons (Fsp3) is 0.250. The molecule has 1 atom stereocenters. The summed E-state index contributed by atoms with van der Waals surface area (Å²) in [5.74, 6) is 0.642.